The number of carbonyl (C=O) groups is 1. The lowest BCUT2D eigenvalue weighted by Gasteiger charge is -2.19. The van der Waals surface area contributed by atoms with Gasteiger partial charge in [0.15, 0.2) is 6.10 Å². The monoisotopic (exact) mass is 312 g/mol. The van der Waals surface area contributed by atoms with E-state index >= 15 is 0 Å². The van der Waals surface area contributed by atoms with Crippen molar-refractivity contribution in [3.8, 4) is 5.75 Å². The number of hydrogen-bond acceptors (Lipinski definition) is 3. The Kier molecular flexibility index (Phi) is 6.99. The number of nitrogens with one attached hydrogen (secondary N) is 2. The van der Waals surface area contributed by atoms with Gasteiger partial charge in [0.05, 0.1) is 0 Å². The minimum atomic E-state index is -0.550. The van der Waals surface area contributed by atoms with Crippen LogP contribution in [0.1, 0.15) is 40.2 Å². The van der Waals surface area contributed by atoms with E-state index in [1.165, 1.54) is 0 Å². The summed E-state index contributed by atoms with van der Waals surface area (Å²) in [6.45, 7) is 10.4. The highest BCUT2D eigenvalue weighted by Gasteiger charge is 2.17. The molecule has 0 saturated carbocycles. The van der Waals surface area contributed by atoms with Gasteiger partial charge in [-0.2, -0.15) is 0 Å². The first kappa shape index (κ1) is 17.8. The van der Waals surface area contributed by atoms with Crippen molar-refractivity contribution >= 4 is 17.5 Å². The molecule has 0 aliphatic rings. The van der Waals surface area contributed by atoms with Crippen molar-refractivity contribution in [3.63, 3.8) is 0 Å². The van der Waals surface area contributed by atoms with Crippen LogP contribution in [0.2, 0.25) is 5.02 Å². The fraction of sp³-hybridized carbons (Fsp3) is 0.562. The molecule has 2 N–H and O–H groups in total. The van der Waals surface area contributed by atoms with Crippen LogP contribution in [0.15, 0.2) is 18.2 Å². The molecular weight excluding hydrogens is 288 g/mol. The van der Waals surface area contributed by atoms with E-state index in [0.29, 0.717) is 23.4 Å². The Hall–Kier alpha value is -1.26. The fourth-order valence-corrected chi connectivity index (χ4v) is 1.96. The fourth-order valence-electron chi connectivity index (χ4n) is 1.76. The topological polar surface area (TPSA) is 50.4 Å². The molecule has 0 fully saturated rings. The first-order valence-electron chi connectivity index (χ1n) is 7.28. The Morgan fingerprint density at radius 3 is 2.43 bits per heavy atom. The molecule has 0 spiro atoms. The molecule has 1 atom stereocenters. The van der Waals surface area contributed by atoms with Gasteiger partial charge in [-0.3, -0.25) is 4.79 Å². The van der Waals surface area contributed by atoms with Crippen LogP contribution in [-0.2, 0) is 11.3 Å². The largest absolute Gasteiger partial charge is 0.481 e. The molecule has 1 unspecified atom stereocenters. The molecule has 0 aromatic heterocycles. The zero-order valence-corrected chi connectivity index (χ0v) is 14.1. The van der Waals surface area contributed by atoms with Crippen LogP contribution in [-0.4, -0.2) is 24.1 Å². The summed E-state index contributed by atoms with van der Waals surface area (Å²) in [5, 5.41) is 6.82. The summed E-state index contributed by atoms with van der Waals surface area (Å²) >= 11 is 6.04. The molecule has 0 saturated heterocycles. The molecule has 1 aromatic carbocycles. The number of benzene rings is 1. The van der Waals surface area contributed by atoms with E-state index in [1.807, 2.05) is 19.9 Å². The van der Waals surface area contributed by atoms with Crippen LogP contribution < -0.4 is 15.4 Å². The smallest absolute Gasteiger partial charge is 0.260 e. The van der Waals surface area contributed by atoms with Gasteiger partial charge in [-0.25, -0.2) is 0 Å². The normalized spacial score (nSPS) is 12.6. The summed E-state index contributed by atoms with van der Waals surface area (Å²) in [6.07, 6.45) is -0.550. The van der Waals surface area contributed by atoms with E-state index in [-0.39, 0.29) is 11.9 Å². The second-order valence-corrected chi connectivity index (χ2v) is 6.15. The Labute approximate surface area is 132 Å². The molecular formula is C16H25ClN2O2. The van der Waals surface area contributed by atoms with Crippen molar-refractivity contribution in [2.75, 3.05) is 0 Å². The summed E-state index contributed by atoms with van der Waals surface area (Å²) in [6, 6.07) is 5.88. The third kappa shape index (κ3) is 6.36. The quantitative estimate of drug-likeness (QED) is 0.813. The summed E-state index contributed by atoms with van der Waals surface area (Å²) in [4.78, 5) is 11.9. The molecule has 1 rings (SSSR count). The zero-order valence-electron chi connectivity index (χ0n) is 13.4. The average Bonchev–Trinajstić information content (AvgIpc) is 2.37. The lowest BCUT2D eigenvalue weighted by Crippen LogP contribution is -2.40. The maximum atomic E-state index is 11.9. The molecule has 0 radical (unpaired) electrons. The summed E-state index contributed by atoms with van der Waals surface area (Å²) in [7, 11) is 0. The molecule has 1 amide bonds. The summed E-state index contributed by atoms with van der Waals surface area (Å²) in [5.41, 5.74) is 0.945. The van der Waals surface area contributed by atoms with Crippen molar-refractivity contribution < 1.29 is 9.53 Å². The Morgan fingerprint density at radius 1 is 1.19 bits per heavy atom. The highest BCUT2D eigenvalue weighted by molar-refractivity contribution is 6.30. The van der Waals surface area contributed by atoms with Crippen molar-refractivity contribution in [1.29, 1.82) is 0 Å². The van der Waals surface area contributed by atoms with Gasteiger partial charge in [-0.15, -0.1) is 0 Å². The van der Waals surface area contributed by atoms with Crippen LogP contribution in [0, 0.1) is 0 Å². The van der Waals surface area contributed by atoms with Crippen LogP contribution in [0.25, 0.3) is 0 Å². The number of rotatable bonds is 7. The van der Waals surface area contributed by atoms with Crippen molar-refractivity contribution in [1.82, 2.24) is 10.6 Å². The zero-order chi connectivity index (χ0) is 16.0. The van der Waals surface area contributed by atoms with Crippen molar-refractivity contribution in [2.45, 2.75) is 59.4 Å². The van der Waals surface area contributed by atoms with Gasteiger partial charge in [-0.05, 0) is 39.0 Å². The number of hydrogen-bond donors (Lipinski definition) is 2. The van der Waals surface area contributed by atoms with E-state index < -0.39 is 6.10 Å². The Morgan fingerprint density at radius 2 is 1.86 bits per heavy atom. The highest BCUT2D eigenvalue weighted by Crippen LogP contribution is 2.24. The summed E-state index contributed by atoms with van der Waals surface area (Å²) in [5.74, 6) is 0.557. The van der Waals surface area contributed by atoms with Crippen LogP contribution >= 0.6 is 11.6 Å². The van der Waals surface area contributed by atoms with E-state index in [9.17, 15) is 4.79 Å². The average molecular weight is 313 g/mol. The number of amides is 1. The predicted octanol–water partition coefficient (Wildman–Crippen LogP) is 3.13. The predicted molar refractivity (Wildman–Crippen MR) is 86.8 cm³/mol. The van der Waals surface area contributed by atoms with Gasteiger partial charge < -0.3 is 15.4 Å². The second kappa shape index (κ2) is 8.25. The van der Waals surface area contributed by atoms with E-state index in [0.717, 1.165) is 5.56 Å². The highest BCUT2D eigenvalue weighted by atomic mass is 35.5. The number of carbonyl (C=O) groups excluding carboxylic acids is 1. The lowest BCUT2D eigenvalue weighted by atomic mass is 10.2. The van der Waals surface area contributed by atoms with Crippen LogP contribution in [0.3, 0.4) is 0 Å². The lowest BCUT2D eigenvalue weighted by molar-refractivity contribution is -0.127. The third-order valence-corrected chi connectivity index (χ3v) is 3.06. The maximum Gasteiger partial charge on any atom is 0.260 e. The number of halogens is 1. The molecule has 5 heteroatoms. The Balaban J connectivity index is 2.79. The molecule has 0 bridgehead atoms. The molecule has 0 heterocycles. The standard InChI is InChI=1S/C16H25ClN2O2/c1-10(2)18-9-13-8-14(17)6-7-15(13)21-12(5)16(20)19-11(3)4/h6-8,10-12,18H,9H2,1-5H3,(H,19,20). The molecule has 21 heavy (non-hydrogen) atoms. The molecule has 0 aliphatic heterocycles. The van der Waals surface area contributed by atoms with Gasteiger partial charge in [0.2, 0.25) is 0 Å². The second-order valence-electron chi connectivity index (χ2n) is 5.71. The van der Waals surface area contributed by atoms with Crippen molar-refractivity contribution in [3.05, 3.63) is 28.8 Å². The molecule has 118 valence electrons. The third-order valence-electron chi connectivity index (χ3n) is 2.83. The minimum absolute atomic E-state index is 0.0934. The molecule has 1 aromatic rings. The first-order valence-corrected chi connectivity index (χ1v) is 7.66. The van der Waals surface area contributed by atoms with Gasteiger partial charge in [-0.1, -0.05) is 25.4 Å². The molecule has 4 nitrogen and oxygen atoms in total. The Bertz CT molecular complexity index is 475. The maximum absolute atomic E-state index is 11.9. The molecule has 0 aliphatic carbocycles. The minimum Gasteiger partial charge on any atom is -0.481 e. The van der Waals surface area contributed by atoms with E-state index in [4.69, 9.17) is 16.3 Å². The van der Waals surface area contributed by atoms with Crippen LogP contribution in [0.4, 0.5) is 0 Å². The van der Waals surface area contributed by atoms with Gasteiger partial charge in [0.1, 0.15) is 5.75 Å². The summed E-state index contributed by atoms with van der Waals surface area (Å²) < 4.78 is 5.78. The van der Waals surface area contributed by atoms with E-state index in [1.54, 1.807) is 19.1 Å². The number of ether oxygens (including phenoxy) is 1. The van der Waals surface area contributed by atoms with Gasteiger partial charge >= 0.3 is 0 Å². The van der Waals surface area contributed by atoms with Crippen molar-refractivity contribution in [2.24, 2.45) is 0 Å². The first-order chi connectivity index (χ1) is 9.79. The SMILES string of the molecule is CC(C)NCc1cc(Cl)ccc1OC(C)C(=O)NC(C)C. The van der Waals surface area contributed by atoms with Gasteiger partial charge in [0.25, 0.3) is 5.91 Å². The van der Waals surface area contributed by atoms with E-state index in [2.05, 4.69) is 24.5 Å². The van der Waals surface area contributed by atoms with Gasteiger partial charge in [0, 0.05) is 29.2 Å². The van der Waals surface area contributed by atoms with Crippen LogP contribution in [0.5, 0.6) is 5.75 Å².